The molecule has 1 atom stereocenters. The zero-order chi connectivity index (χ0) is 16.6. The average Bonchev–Trinajstić information content (AvgIpc) is 2.94. The van der Waals surface area contributed by atoms with Crippen LogP contribution in [-0.4, -0.2) is 33.6 Å². The van der Waals surface area contributed by atoms with E-state index < -0.39 is 0 Å². The fraction of sp³-hybridized carbons (Fsp3) is 0.632. The van der Waals surface area contributed by atoms with Gasteiger partial charge in [-0.15, -0.1) is 23.7 Å². The number of aryl methyl sites for hydroxylation is 2. The van der Waals surface area contributed by atoms with Gasteiger partial charge in [0.25, 0.3) is 0 Å². The van der Waals surface area contributed by atoms with Crippen molar-refractivity contribution in [1.29, 1.82) is 0 Å². The van der Waals surface area contributed by atoms with Crippen LogP contribution in [0.25, 0.3) is 0 Å². The van der Waals surface area contributed by atoms with Crippen LogP contribution in [0.4, 0.5) is 0 Å². The topological polar surface area (TPSA) is 33.1 Å². The Bertz CT molecular complexity index is 689. The van der Waals surface area contributed by atoms with Crippen LogP contribution in [0, 0.1) is 12.3 Å². The molecule has 0 bridgehead atoms. The van der Waals surface area contributed by atoms with Crippen molar-refractivity contribution in [3.8, 4) is 0 Å². The second-order valence-corrected chi connectivity index (χ2v) is 8.39. The van der Waals surface area contributed by atoms with Gasteiger partial charge in [0.05, 0.1) is 6.54 Å². The molecular weight excluding hydrogens is 352 g/mol. The highest BCUT2D eigenvalue weighted by Crippen LogP contribution is 2.56. The summed E-state index contributed by atoms with van der Waals surface area (Å²) in [7, 11) is 0. The number of nitrogens with one attached hydrogen (secondary N) is 1. The van der Waals surface area contributed by atoms with E-state index in [1.807, 2.05) is 17.5 Å². The van der Waals surface area contributed by atoms with Gasteiger partial charge in [0, 0.05) is 36.4 Å². The minimum Gasteiger partial charge on any atom is -0.334 e. The van der Waals surface area contributed by atoms with E-state index in [-0.39, 0.29) is 12.4 Å². The number of halogens is 1. The van der Waals surface area contributed by atoms with Gasteiger partial charge >= 0.3 is 0 Å². The Hall–Kier alpha value is -0.880. The first-order valence-corrected chi connectivity index (χ1v) is 10.1. The highest BCUT2D eigenvalue weighted by molar-refractivity contribution is 7.10. The lowest BCUT2D eigenvalue weighted by atomic mass is 9.93. The smallest absolute Gasteiger partial charge is 0.122 e. The lowest BCUT2D eigenvalue weighted by Gasteiger charge is -2.29. The Labute approximate surface area is 161 Å². The summed E-state index contributed by atoms with van der Waals surface area (Å²) in [5, 5.41) is 5.75. The maximum Gasteiger partial charge on any atom is 0.122 e. The zero-order valence-corrected chi connectivity index (χ0v) is 16.8. The minimum absolute atomic E-state index is 0. The lowest BCUT2D eigenvalue weighted by molar-refractivity contribution is 0.183. The molecule has 1 saturated heterocycles. The third kappa shape index (κ3) is 3.80. The number of piperidine rings is 1. The van der Waals surface area contributed by atoms with Crippen LogP contribution < -0.4 is 5.32 Å². The molecular formula is C19H29ClN4S. The molecule has 1 aliphatic heterocycles. The van der Waals surface area contributed by atoms with Crippen molar-refractivity contribution in [3.63, 3.8) is 0 Å². The lowest BCUT2D eigenvalue weighted by Crippen LogP contribution is -2.36. The summed E-state index contributed by atoms with van der Waals surface area (Å²) in [4.78, 5) is 8.86. The summed E-state index contributed by atoms with van der Waals surface area (Å²) in [6, 6.07) is 2.97. The fourth-order valence-corrected chi connectivity index (χ4v) is 5.22. The van der Waals surface area contributed by atoms with Crippen LogP contribution >= 0.6 is 23.7 Å². The molecule has 2 fully saturated rings. The number of aromatic nitrogens is 2. The Morgan fingerprint density at radius 3 is 2.84 bits per heavy atom. The van der Waals surface area contributed by atoms with Crippen molar-refractivity contribution in [3.05, 3.63) is 40.1 Å². The molecule has 0 radical (unpaired) electrons. The van der Waals surface area contributed by atoms with Crippen LogP contribution in [0.2, 0.25) is 0 Å². The van der Waals surface area contributed by atoms with E-state index in [0.717, 1.165) is 25.7 Å². The van der Waals surface area contributed by atoms with Crippen LogP contribution in [0.1, 0.15) is 42.5 Å². The monoisotopic (exact) mass is 380 g/mol. The molecule has 6 heteroatoms. The molecule has 2 aromatic rings. The SMILES string of the molecule is CCn1ccnc1CN(Cc1sccc1C)C1CC12CCNCC2.Cl. The van der Waals surface area contributed by atoms with E-state index in [1.165, 1.54) is 48.6 Å². The first-order valence-electron chi connectivity index (χ1n) is 9.19. The van der Waals surface area contributed by atoms with E-state index in [2.05, 4.69) is 51.3 Å². The molecule has 1 N–H and O–H groups in total. The Kier molecular flexibility index (Phi) is 5.88. The minimum atomic E-state index is 0. The van der Waals surface area contributed by atoms with E-state index in [9.17, 15) is 0 Å². The highest BCUT2D eigenvalue weighted by Gasteiger charge is 2.56. The summed E-state index contributed by atoms with van der Waals surface area (Å²) in [5.41, 5.74) is 2.00. The molecule has 3 heterocycles. The van der Waals surface area contributed by atoms with Gasteiger partial charge in [-0.25, -0.2) is 4.98 Å². The van der Waals surface area contributed by atoms with Crippen LogP contribution in [0.3, 0.4) is 0 Å². The maximum absolute atomic E-state index is 4.63. The highest BCUT2D eigenvalue weighted by atomic mass is 35.5. The van der Waals surface area contributed by atoms with Crippen LogP contribution in [0.15, 0.2) is 23.8 Å². The largest absolute Gasteiger partial charge is 0.334 e. The molecule has 25 heavy (non-hydrogen) atoms. The Morgan fingerprint density at radius 1 is 1.36 bits per heavy atom. The van der Waals surface area contributed by atoms with Gasteiger partial charge in [-0.2, -0.15) is 0 Å². The standard InChI is InChI=1S/C19H28N4S.ClH/c1-3-22-10-9-21-18(22)14-23(13-16-15(2)4-11-24-16)17-12-19(17)5-7-20-8-6-19;/h4,9-11,17,20H,3,5-8,12-14H2,1-2H3;1H. The molecule has 4 nitrogen and oxygen atoms in total. The molecule has 2 aromatic heterocycles. The van der Waals surface area contributed by atoms with E-state index >= 15 is 0 Å². The first-order chi connectivity index (χ1) is 11.7. The van der Waals surface area contributed by atoms with E-state index in [0.29, 0.717) is 5.41 Å². The predicted molar refractivity (Wildman–Crippen MR) is 106 cm³/mol. The van der Waals surface area contributed by atoms with Crippen molar-refractivity contribution in [2.24, 2.45) is 5.41 Å². The second kappa shape index (κ2) is 7.78. The van der Waals surface area contributed by atoms with Crippen molar-refractivity contribution in [2.75, 3.05) is 13.1 Å². The van der Waals surface area contributed by atoms with Gasteiger partial charge in [-0.1, -0.05) is 0 Å². The summed E-state index contributed by atoms with van der Waals surface area (Å²) in [6.07, 6.45) is 8.09. The van der Waals surface area contributed by atoms with Gasteiger partial charge < -0.3 is 9.88 Å². The van der Waals surface area contributed by atoms with Gasteiger partial charge in [0.2, 0.25) is 0 Å². The number of nitrogens with zero attached hydrogens (tertiary/aromatic N) is 3. The number of thiophene rings is 1. The Balaban J connectivity index is 0.00000182. The maximum atomic E-state index is 4.63. The molecule has 1 unspecified atom stereocenters. The number of rotatable bonds is 6. The third-order valence-corrected chi connectivity index (χ3v) is 7.00. The molecule has 1 saturated carbocycles. The van der Waals surface area contributed by atoms with Crippen molar-refractivity contribution in [2.45, 2.75) is 58.8 Å². The van der Waals surface area contributed by atoms with Gasteiger partial charge in [-0.05, 0) is 68.6 Å². The summed E-state index contributed by atoms with van der Waals surface area (Å²) in [5.74, 6) is 1.21. The number of hydrogen-bond donors (Lipinski definition) is 1. The zero-order valence-electron chi connectivity index (χ0n) is 15.2. The van der Waals surface area contributed by atoms with Crippen LogP contribution in [0.5, 0.6) is 0 Å². The van der Waals surface area contributed by atoms with Crippen molar-refractivity contribution in [1.82, 2.24) is 19.8 Å². The Morgan fingerprint density at radius 2 is 2.16 bits per heavy atom. The fourth-order valence-electron chi connectivity index (χ4n) is 4.29. The first kappa shape index (κ1) is 18.9. The molecule has 0 amide bonds. The average molecular weight is 381 g/mol. The van der Waals surface area contributed by atoms with Crippen molar-refractivity contribution < 1.29 is 0 Å². The molecule has 1 aliphatic carbocycles. The molecule has 2 aliphatic rings. The van der Waals surface area contributed by atoms with E-state index in [4.69, 9.17) is 0 Å². The number of hydrogen-bond acceptors (Lipinski definition) is 4. The van der Waals surface area contributed by atoms with Crippen molar-refractivity contribution >= 4 is 23.7 Å². The summed E-state index contributed by atoms with van der Waals surface area (Å²) in [6.45, 7) is 9.85. The third-order valence-electron chi connectivity index (χ3n) is 5.99. The summed E-state index contributed by atoms with van der Waals surface area (Å²) >= 11 is 1.90. The van der Waals surface area contributed by atoms with Gasteiger partial charge in [0.1, 0.15) is 5.82 Å². The molecule has 0 aromatic carbocycles. The number of imidazole rings is 1. The molecule has 138 valence electrons. The van der Waals surface area contributed by atoms with Crippen LogP contribution in [-0.2, 0) is 19.6 Å². The molecule has 4 rings (SSSR count). The van der Waals surface area contributed by atoms with Gasteiger partial charge in [-0.3, -0.25) is 4.90 Å². The molecule has 1 spiro atoms. The normalized spacial score (nSPS) is 21.5. The summed E-state index contributed by atoms with van der Waals surface area (Å²) < 4.78 is 2.28. The van der Waals surface area contributed by atoms with E-state index in [1.54, 1.807) is 0 Å². The quantitative estimate of drug-likeness (QED) is 0.826. The second-order valence-electron chi connectivity index (χ2n) is 7.39. The van der Waals surface area contributed by atoms with Gasteiger partial charge in [0.15, 0.2) is 0 Å². The predicted octanol–water partition coefficient (Wildman–Crippen LogP) is 3.84.